The largest absolute Gasteiger partial charge is 0.205 e. The fourth-order valence-electron chi connectivity index (χ4n) is 5.91. The highest BCUT2D eigenvalue weighted by Gasteiger charge is 2.42. The van der Waals surface area contributed by atoms with Gasteiger partial charge in [0.25, 0.3) is 0 Å². The highest BCUT2D eigenvalue weighted by atomic mass is 33.2. The molecule has 5 rings (SSSR count). The van der Waals surface area contributed by atoms with E-state index in [0.717, 1.165) is 0 Å². The number of fused-ring (bicyclic) bond motifs is 2. The van der Waals surface area contributed by atoms with E-state index in [-0.39, 0.29) is 0 Å². The van der Waals surface area contributed by atoms with Crippen LogP contribution < -0.4 is 0 Å². The molecule has 0 fully saturated rings. The first-order valence-electron chi connectivity index (χ1n) is 15.0. The van der Waals surface area contributed by atoms with Crippen LogP contribution in [-0.4, -0.2) is 30.3 Å². The molecular weight excluding hydrogens is 497 g/mol. The molecule has 0 nitrogen and oxygen atoms in total. The fourth-order valence-corrected chi connectivity index (χ4v) is 13.4. The van der Waals surface area contributed by atoms with E-state index in [9.17, 15) is 0 Å². The number of unbranched alkanes of at least 4 members (excludes halogenated alkanes) is 1. The highest BCUT2D eigenvalue weighted by molar-refractivity contribution is 9.07. The molecule has 2 heteroatoms. The standard InChI is InChI=1S/C31H40S2.C3H8.C2H6/c1-6-7-12-23-17-18-26(21-23)32(2,3)33(4,5)30-20-19-28-29(30)22-25-15-11-16-27(25)31(28)24-13-9-8-10-14-24;1-3-2;1-2/h8-10,13-14,17-22,26,30H,6-7,11-12,15-16H2,1-5H3;3H2,1-2H3;1-2H3. The Morgan fingerprint density at radius 1 is 0.842 bits per heavy atom. The van der Waals surface area contributed by atoms with Gasteiger partial charge in [-0.05, 0) is 90.5 Å². The zero-order valence-corrected chi connectivity index (χ0v) is 27.4. The molecule has 210 valence electrons. The molecule has 0 bridgehead atoms. The minimum atomic E-state index is -0.895. The summed E-state index contributed by atoms with van der Waals surface area (Å²) >= 11 is 0. The Hall–Kier alpha value is -1.64. The number of benzene rings is 2. The van der Waals surface area contributed by atoms with Crippen LogP contribution in [-0.2, 0) is 12.8 Å². The molecule has 2 aromatic carbocycles. The van der Waals surface area contributed by atoms with Gasteiger partial charge in [-0.15, -0.1) is 0 Å². The van der Waals surface area contributed by atoms with E-state index in [4.69, 9.17) is 0 Å². The van der Waals surface area contributed by atoms with Crippen molar-refractivity contribution in [2.45, 2.75) is 90.1 Å². The summed E-state index contributed by atoms with van der Waals surface area (Å²) in [4.78, 5) is 0. The summed E-state index contributed by atoms with van der Waals surface area (Å²) in [6.45, 7) is 10.5. The maximum atomic E-state index is 2.63. The normalized spacial score (nSPS) is 20.1. The topological polar surface area (TPSA) is 0 Å². The lowest BCUT2D eigenvalue weighted by molar-refractivity contribution is 0.798. The molecule has 38 heavy (non-hydrogen) atoms. The Morgan fingerprint density at radius 2 is 1.53 bits per heavy atom. The smallest absolute Gasteiger partial charge is 0.0394 e. The Balaban J connectivity index is 0.000000748. The molecular formula is C36H54S2. The van der Waals surface area contributed by atoms with E-state index >= 15 is 0 Å². The van der Waals surface area contributed by atoms with Crippen LogP contribution in [0, 0.1) is 0 Å². The zero-order valence-electron chi connectivity index (χ0n) is 25.8. The Kier molecular flexibility index (Phi) is 11.1. The van der Waals surface area contributed by atoms with Crippen LogP contribution in [0.2, 0.25) is 0 Å². The molecule has 0 heterocycles. The van der Waals surface area contributed by atoms with Crippen LogP contribution >= 0.6 is 18.1 Å². The van der Waals surface area contributed by atoms with Crippen LogP contribution in [0.3, 0.4) is 0 Å². The average molecular weight is 551 g/mol. The quantitative estimate of drug-likeness (QED) is 0.301. The van der Waals surface area contributed by atoms with E-state index in [1.807, 2.05) is 13.8 Å². The second-order valence-corrected chi connectivity index (χ2v) is 22.8. The van der Waals surface area contributed by atoms with E-state index in [1.165, 1.54) is 61.6 Å². The lowest BCUT2D eigenvalue weighted by Gasteiger charge is -2.57. The molecule has 2 atom stereocenters. The van der Waals surface area contributed by atoms with Crippen molar-refractivity contribution in [3.05, 3.63) is 88.5 Å². The zero-order chi connectivity index (χ0) is 27.9. The van der Waals surface area contributed by atoms with Crippen LogP contribution in [0.5, 0.6) is 0 Å². The Labute approximate surface area is 238 Å². The minimum absolute atomic E-state index is 0.562. The lowest BCUT2D eigenvalue weighted by Crippen LogP contribution is -2.20. The van der Waals surface area contributed by atoms with Gasteiger partial charge in [0.05, 0.1) is 0 Å². The molecule has 2 aromatic rings. The molecule has 0 N–H and O–H groups in total. The molecule has 0 spiro atoms. The number of aryl methyl sites for hydroxylation is 1. The molecule has 0 radical (unpaired) electrons. The number of rotatable bonds is 7. The highest BCUT2D eigenvalue weighted by Crippen LogP contribution is 2.83. The molecule has 3 aliphatic rings. The van der Waals surface area contributed by atoms with Gasteiger partial charge in [-0.3, -0.25) is 0 Å². The first-order valence-corrected chi connectivity index (χ1v) is 20.6. The number of allylic oxidation sites excluding steroid dienone is 2. The van der Waals surface area contributed by atoms with E-state index in [1.54, 1.807) is 22.3 Å². The Morgan fingerprint density at radius 3 is 2.18 bits per heavy atom. The average Bonchev–Trinajstić information content (AvgIpc) is 3.68. The van der Waals surface area contributed by atoms with Gasteiger partial charge >= 0.3 is 0 Å². The van der Waals surface area contributed by atoms with Crippen molar-refractivity contribution in [2.75, 3.05) is 25.0 Å². The van der Waals surface area contributed by atoms with Crippen molar-refractivity contribution < 1.29 is 0 Å². The summed E-state index contributed by atoms with van der Waals surface area (Å²) in [5.74, 6) is 0. The lowest BCUT2D eigenvalue weighted by atomic mass is 9.89. The summed E-state index contributed by atoms with van der Waals surface area (Å²) in [7, 11) is -1.74. The summed E-state index contributed by atoms with van der Waals surface area (Å²) < 4.78 is 0. The van der Waals surface area contributed by atoms with Gasteiger partial charge in [-0.1, -0.05) is 120 Å². The van der Waals surface area contributed by atoms with E-state index < -0.39 is 18.1 Å². The van der Waals surface area contributed by atoms with Crippen molar-refractivity contribution in [1.29, 1.82) is 0 Å². The van der Waals surface area contributed by atoms with Crippen LogP contribution in [0.25, 0.3) is 17.2 Å². The van der Waals surface area contributed by atoms with Crippen molar-refractivity contribution in [1.82, 2.24) is 0 Å². The SMILES string of the molecule is CC.CCC.CCCCC1=CC(S(C)(C)S(C)(C)C2C=Cc3c2cc2c(c3-c3ccccc3)CCC2)C=C1. The molecule has 0 aliphatic heterocycles. The third kappa shape index (κ3) is 6.07. The van der Waals surface area contributed by atoms with Crippen LogP contribution in [0.4, 0.5) is 0 Å². The predicted molar refractivity (Wildman–Crippen MR) is 182 cm³/mol. The summed E-state index contributed by atoms with van der Waals surface area (Å²) in [5, 5.41) is 1.18. The molecule has 3 aliphatic carbocycles. The van der Waals surface area contributed by atoms with Crippen LogP contribution in [0.1, 0.15) is 94.2 Å². The minimum Gasteiger partial charge on any atom is -0.205 e. The van der Waals surface area contributed by atoms with E-state index in [0.29, 0.717) is 10.5 Å². The van der Waals surface area contributed by atoms with Gasteiger partial charge in [0.15, 0.2) is 0 Å². The fraction of sp³-hybridized carbons (Fsp3) is 0.500. The van der Waals surface area contributed by atoms with Gasteiger partial charge in [0, 0.05) is 10.5 Å². The first kappa shape index (κ1) is 30.9. The maximum absolute atomic E-state index is 2.63. The van der Waals surface area contributed by atoms with Gasteiger partial charge in [-0.2, -0.15) is 0 Å². The molecule has 0 amide bonds. The maximum Gasteiger partial charge on any atom is 0.0394 e. The van der Waals surface area contributed by atoms with Gasteiger partial charge in [0.1, 0.15) is 0 Å². The van der Waals surface area contributed by atoms with Crippen molar-refractivity contribution >= 4 is 24.2 Å². The first-order chi connectivity index (χ1) is 18.3. The second kappa shape index (κ2) is 13.6. The summed E-state index contributed by atoms with van der Waals surface area (Å²) in [5.41, 5.74) is 10.9. The summed E-state index contributed by atoms with van der Waals surface area (Å²) in [6.07, 6.45) is 32.0. The van der Waals surface area contributed by atoms with Crippen molar-refractivity contribution in [2.24, 2.45) is 0 Å². The van der Waals surface area contributed by atoms with Gasteiger partial charge in [-0.25, -0.2) is 18.1 Å². The summed E-state index contributed by atoms with van der Waals surface area (Å²) in [6, 6.07) is 13.8. The van der Waals surface area contributed by atoms with Crippen molar-refractivity contribution in [3.8, 4) is 11.1 Å². The molecule has 0 saturated heterocycles. The number of hydrogen-bond acceptors (Lipinski definition) is 0. The van der Waals surface area contributed by atoms with Crippen molar-refractivity contribution in [3.63, 3.8) is 0 Å². The number of hydrogen-bond donors (Lipinski definition) is 0. The van der Waals surface area contributed by atoms with Gasteiger partial charge in [0.2, 0.25) is 0 Å². The van der Waals surface area contributed by atoms with Gasteiger partial charge < -0.3 is 0 Å². The second-order valence-electron chi connectivity index (χ2n) is 11.4. The predicted octanol–water partition coefficient (Wildman–Crippen LogP) is 11.5. The molecule has 0 saturated carbocycles. The third-order valence-corrected chi connectivity index (χ3v) is 21.7. The Bertz CT molecular complexity index is 1150. The monoisotopic (exact) mass is 550 g/mol. The van der Waals surface area contributed by atoms with E-state index in [2.05, 4.69) is 113 Å². The van der Waals surface area contributed by atoms with Crippen LogP contribution in [0.15, 0.2) is 66.3 Å². The molecule has 2 unspecified atom stereocenters. The third-order valence-electron chi connectivity index (χ3n) is 8.35. The molecule has 0 aromatic heterocycles.